The van der Waals surface area contributed by atoms with Crippen LogP contribution in [0.1, 0.15) is 11.3 Å². The summed E-state index contributed by atoms with van der Waals surface area (Å²) in [5.41, 5.74) is 6.12. The van der Waals surface area contributed by atoms with Gasteiger partial charge in [-0.05, 0) is 29.8 Å². The molecule has 1 amide bonds. The average molecular weight is 297 g/mol. The maximum Gasteiger partial charge on any atom is 0.255 e. The predicted octanol–water partition coefficient (Wildman–Crippen LogP) is 1.86. The minimum absolute atomic E-state index is 0. The van der Waals surface area contributed by atoms with Crippen LogP contribution < -0.4 is 15.8 Å². The molecule has 0 spiro atoms. The number of halogens is 1. The van der Waals surface area contributed by atoms with Gasteiger partial charge in [-0.15, -0.1) is 12.4 Å². The van der Waals surface area contributed by atoms with E-state index in [0.29, 0.717) is 12.3 Å². The van der Waals surface area contributed by atoms with Gasteiger partial charge in [-0.25, -0.2) is 0 Å². The van der Waals surface area contributed by atoms with Gasteiger partial charge in [-0.2, -0.15) is 0 Å². The number of nitrogens with one attached hydrogen (secondary N) is 1. The average Bonchev–Trinajstić information content (AvgIpc) is 2.91. The molecular weight excluding hydrogens is 280 g/mol. The van der Waals surface area contributed by atoms with Crippen molar-refractivity contribution in [2.45, 2.75) is 13.1 Å². The van der Waals surface area contributed by atoms with Gasteiger partial charge in [0.25, 0.3) is 5.91 Å². The molecule has 0 saturated heterocycles. The van der Waals surface area contributed by atoms with Gasteiger partial charge < -0.3 is 20.2 Å². The van der Waals surface area contributed by atoms with Crippen LogP contribution in [0.15, 0.2) is 47.1 Å². The van der Waals surface area contributed by atoms with E-state index in [2.05, 4.69) is 5.32 Å². The molecule has 20 heavy (non-hydrogen) atoms. The quantitative estimate of drug-likeness (QED) is 0.817. The molecule has 1 aromatic heterocycles. The Morgan fingerprint density at radius 2 is 1.95 bits per heavy atom. The fourth-order valence-corrected chi connectivity index (χ4v) is 1.60. The lowest BCUT2D eigenvalue weighted by molar-refractivity contribution is -0.119. The number of carbonyl (C=O) groups is 1. The number of carbonyl (C=O) groups excluding carboxylic acids is 1. The third kappa shape index (κ3) is 5.34. The van der Waals surface area contributed by atoms with Crippen LogP contribution in [-0.2, 0) is 17.9 Å². The zero-order valence-electron chi connectivity index (χ0n) is 10.9. The van der Waals surface area contributed by atoms with E-state index in [1.807, 2.05) is 36.4 Å². The minimum Gasteiger partial charge on any atom is -0.484 e. The van der Waals surface area contributed by atoms with Crippen molar-refractivity contribution >= 4 is 18.3 Å². The number of amides is 1. The number of hydrogen-bond acceptors (Lipinski definition) is 4. The Labute approximate surface area is 123 Å². The van der Waals surface area contributed by atoms with Gasteiger partial charge in [0, 0.05) is 6.54 Å². The fourth-order valence-electron chi connectivity index (χ4n) is 1.60. The van der Waals surface area contributed by atoms with E-state index >= 15 is 0 Å². The molecule has 0 unspecified atom stereocenters. The normalized spacial score (nSPS) is 9.80. The summed E-state index contributed by atoms with van der Waals surface area (Å²) >= 11 is 0. The summed E-state index contributed by atoms with van der Waals surface area (Å²) in [6, 6.07) is 11.3. The van der Waals surface area contributed by atoms with Crippen LogP contribution in [0.25, 0.3) is 0 Å². The lowest BCUT2D eigenvalue weighted by Crippen LogP contribution is -2.20. The molecule has 3 N–H and O–H groups in total. The maximum atomic E-state index is 10.6. The van der Waals surface area contributed by atoms with Gasteiger partial charge >= 0.3 is 0 Å². The molecule has 2 rings (SSSR count). The summed E-state index contributed by atoms with van der Waals surface area (Å²) in [6.45, 7) is 1.32. The third-order valence-electron chi connectivity index (χ3n) is 2.51. The minimum atomic E-state index is -0.482. The number of hydrogen-bond donors (Lipinski definition) is 2. The predicted molar refractivity (Wildman–Crippen MR) is 77.6 cm³/mol. The van der Waals surface area contributed by atoms with Crippen LogP contribution in [-0.4, -0.2) is 12.5 Å². The number of ether oxygens (including phenoxy) is 1. The Balaban J connectivity index is 0.00000200. The Hall–Kier alpha value is -1.98. The fraction of sp³-hybridized carbons (Fsp3) is 0.214. The molecule has 0 aliphatic rings. The van der Waals surface area contributed by atoms with E-state index in [0.717, 1.165) is 17.9 Å². The molecule has 0 radical (unpaired) electrons. The van der Waals surface area contributed by atoms with Crippen molar-refractivity contribution in [1.82, 2.24) is 5.32 Å². The van der Waals surface area contributed by atoms with E-state index in [1.165, 1.54) is 0 Å². The van der Waals surface area contributed by atoms with Crippen LogP contribution in [0.2, 0.25) is 0 Å². The topological polar surface area (TPSA) is 77.5 Å². The summed E-state index contributed by atoms with van der Waals surface area (Å²) in [5, 5.41) is 3.27. The SMILES string of the molecule is Cl.NC(=O)COc1ccc(CNCc2ccco2)cc1. The van der Waals surface area contributed by atoms with Gasteiger partial charge in [-0.1, -0.05) is 12.1 Å². The molecule has 108 valence electrons. The number of nitrogens with two attached hydrogens (primary N) is 1. The molecule has 1 aromatic carbocycles. The second kappa shape index (κ2) is 8.24. The van der Waals surface area contributed by atoms with Gasteiger partial charge in [-0.3, -0.25) is 4.79 Å². The second-order valence-electron chi connectivity index (χ2n) is 4.08. The van der Waals surface area contributed by atoms with Crippen LogP contribution in [0, 0.1) is 0 Å². The van der Waals surface area contributed by atoms with Gasteiger partial charge in [0.05, 0.1) is 12.8 Å². The Bertz CT molecular complexity index is 512. The number of rotatable bonds is 7. The monoisotopic (exact) mass is 296 g/mol. The number of furan rings is 1. The highest BCUT2D eigenvalue weighted by molar-refractivity contribution is 5.85. The first-order valence-corrected chi connectivity index (χ1v) is 5.97. The second-order valence-corrected chi connectivity index (χ2v) is 4.08. The van der Waals surface area contributed by atoms with E-state index in [9.17, 15) is 4.79 Å². The summed E-state index contributed by atoms with van der Waals surface area (Å²) in [7, 11) is 0. The highest BCUT2D eigenvalue weighted by atomic mass is 35.5. The van der Waals surface area contributed by atoms with E-state index in [4.69, 9.17) is 14.9 Å². The number of primary amides is 1. The lowest BCUT2D eigenvalue weighted by atomic mass is 10.2. The van der Waals surface area contributed by atoms with E-state index < -0.39 is 5.91 Å². The van der Waals surface area contributed by atoms with Crippen molar-refractivity contribution in [1.29, 1.82) is 0 Å². The maximum absolute atomic E-state index is 10.6. The highest BCUT2D eigenvalue weighted by Gasteiger charge is 1.99. The Morgan fingerprint density at radius 1 is 1.20 bits per heavy atom. The van der Waals surface area contributed by atoms with Crippen LogP contribution in [0.5, 0.6) is 5.75 Å². The Morgan fingerprint density at radius 3 is 2.55 bits per heavy atom. The molecule has 6 heteroatoms. The van der Waals surface area contributed by atoms with Crippen molar-refractivity contribution in [3.05, 3.63) is 54.0 Å². The van der Waals surface area contributed by atoms with Gasteiger partial charge in [0.15, 0.2) is 6.61 Å². The molecule has 0 fully saturated rings. The van der Waals surface area contributed by atoms with Crippen molar-refractivity contribution in [3.8, 4) is 5.75 Å². The summed E-state index contributed by atoms with van der Waals surface area (Å²) in [6.07, 6.45) is 1.65. The van der Waals surface area contributed by atoms with Gasteiger partial charge in [0.2, 0.25) is 0 Å². The van der Waals surface area contributed by atoms with Crippen LogP contribution >= 0.6 is 12.4 Å². The molecule has 0 aliphatic carbocycles. The molecular formula is C14H17ClN2O3. The zero-order valence-corrected chi connectivity index (χ0v) is 11.7. The smallest absolute Gasteiger partial charge is 0.255 e. The molecule has 0 aliphatic heterocycles. The highest BCUT2D eigenvalue weighted by Crippen LogP contribution is 2.12. The molecule has 5 nitrogen and oxygen atoms in total. The first-order valence-electron chi connectivity index (χ1n) is 5.97. The largest absolute Gasteiger partial charge is 0.484 e. The standard InChI is InChI=1S/C14H16N2O3.ClH/c15-14(17)10-19-12-5-3-11(4-6-12)8-16-9-13-2-1-7-18-13;/h1-7,16H,8-10H2,(H2,15,17);1H. The van der Waals surface area contributed by atoms with Crippen molar-refractivity contribution < 1.29 is 13.9 Å². The first-order chi connectivity index (χ1) is 9.24. The molecule has 0 saturated carbocycles. The van der Waals surface area contributed by atoms with E-state index in [1.54, 1.807) is 6.26 Å². The molecule has 0 atom stereocenters. The van der Waals surface area contributed by atoms with Crippen LogP contribution in [0.4, 0.5) is 0 Å². The summed E-state index contributed by atoms with van der Waals surface area (Å²) < 4.78 is 10.4. The summed E-state index contributed by atoms with van der Waals surface area (Å²) in [5.74, 6) is 1.05. The molecule has 1 heterocycles. The van der Waals surface area contributed by atoms with Crippen molar-refractivity contribution in [3.63, 3.8) is 0 Å². The Kier molecular flexibility index (Phi) is 6.63. The third-order valence-corrected chi connectivity index (χ3v) is 2.51. The van der Waals surface area contributed by atoms with Crippen LogP contribution in [0.3, 0.4) is 0 Å². The molecule has 0 bridgehead atoms. The van der Waals surface area contributed by atoms with Crippen molar-refractivity contribution in [2.24, 2.45) is 5.73 Å². The van der Waals surface area contributed by atoms with E-state index in [-0.39, 0.29) is 19.0 Å². The van der Waals surface area contributed by atoms with Gasteiger partial charge in [0.1, 0.15) is 11.5 Å². The summed E-state index contributed by atoms with van der Waals surface area (Å²) in [4.78, 5) is 10.6. The first kappa shape index (κ1) is 16.1. The lowest BCUT2D eigenvalue weighted by Gasteiger charge is -2.06. The zero-order chi connectivity index (χ0) is 13.5. The molecule has 2 aromatic rings. The van der Waals surface area contributed by atoms with Crippen molar-refractivity contribution in [2.75, 3.05) is 6.61 Å². The number of benzene rings is 1.